The van der Waals surface area contributed by atoms with Crippen LogP contribution in [0.25, 0.3) is 0 Å². The van der Waals surface area contributed by atoms with E-state index in [0.29, 0.717) is 10.8 Å². The van der Waals surface area contributed by atoms with Crippen molar-refractivity contribution in [2.45, 2.75) is 215 Å². The van der Waals surface area contributed by atoms with Crippen LogP contribution in [0.2, 0.25) is 0 Å². The average molecular weight is 654 g/mol. The zero-order valence-electron chi connectivity index (χ0n) is 33.5. The van der Waals surface area contributed by atoms with Crippen molar-refractivity contribution in [2.75, 3.05) is 41.0 Å². The highest BCUT2D eigenvalue weighted by Gasteiger charge is 2.39. The summed E-state index contributed by atoms with van der Waals surface area (Å²) in [5.74, 6) is -0.661. The van der Waals surface area contributed by atoms with E-state index in [4.69, 9.17) is 14.2 Å². The molecule has 0 aromatic carbocycles. The average Bonchev–Trinajstić information content (AvgIpc) is 3.00. The van der Waals surface area contributed by atoms with Gasteiger partial charge in [0.25, 0.3) is 5.97 Å². The lowest BCUT2D eigenvalue weighted by molar-refractivity contribution is -0.380. The molecule has 4 heteroatoms. The maximum Gasteiger partial charge on any atom is 0.285 e. The summed E-state index contributed by atoms with van der Waals surface area (Å²) in [4.78, 5) is 2.78. The van der Waals surface area contributed by atoms with Gasteiger partial charge < -0.3 is 19.1 Å². The van der Waals surface area contributed by atoms with Crippen molar-refractivity contribution >= 4 is 0 Å². The first-order chi connectivity index (χ1) is 21.9. The zero-order chi connectivity index (χ0) is 34.6. The van der Waals surface area contributed by atoms with Crippen molar-refractivity contribution in [3.8, 4) is 0 Å². The highest BCUT2D eigenvalue weighted by Crippen LogP contribution is 2.32. The maximum absolute atomic E-state index is 5.88. The molecule has 0 saturated carbocycles. The number of nitrogens with zero attached hydrogens (tertiary/aromatic N) is 1. The molecular weight excluding hydrogens is 566 g/mol. The van der Waals surface area contributed by atoms with Crippen LogP contribution in [0, 0.1) is 16.7 Å². The highest BCUT2D eigenvalue weighted by atomic mass is 16.9. The van der Waals surface area contributed by atoms with E-state index in [-0.39, 0.29) is 5.92 Å². The molecule has 0 aliphatic carbocycles. The Morgan fingerprint density at radius 2 is 0.739 bits per heavy atom. The number of methoxy groups -OCH3 is 3. The van der Waals surface area contributed by atoms with Gasteiger partial charge in [0.05, 0.1) is 0 Å². The minimum atomic E-state index is -0.923. The molecule has 4 nitrogen and oxygen atoms in total. The molecule has 0 saturated heterocycles. The summed E-state index contributed by atoms with van der Waals surface area (Å²) in [6.45, 7) is 20.2. The first-order valence-corrected chi connectivity index (χ1v) is 20.3. The monoisotopic (exact) mass is 654 g/mol. The second kappa shape index (κ2) is 28.7. The van der Waals surface area contributed by atoms with Crippen molar-refractivity contribution in [1.82, 2.24) is 4.90 Å². The van der Waals surface area contributed by atoms with Gasteiger partial charge in [0.2, 0.25) is 0 Å². The SMILES string of the molecule is CCCCCCCCC(CCCN(CCCCCCCCCC(C)(C)C)CCCCCCCCCC(C)(C)C)C(OC)(OC)OC. The number of ether oxygens (including phenoxy) is 3. The molecule has 0 radical (unpaired) electrons. The van der Waals surface area contributed by atoms with Crippen LogP contribution in [0.3, 0.4) is 0 Å². The largest absolute Gasteiger partial charge is 0.331 e. The Labute approximate surface area is 291 Å². The fraction of sp³-hybridized carbons (Fsp3) is 1.00. The van der Waals surface area contributed by atoms with Crippen LogP contribution in [-0.4, -0.2) is 51.8 Å². The van der Waals surface area contributed by atoms with Crippen molar-refractivity contribution in [1.29, 1.82) is 0 Å². The third-order valence-electron chi connectivity index (χ3n) is 10.1. The van der Waals surface area contributed by atoms with Crippen LogP contribution >= 0.6 is 0 Å². The summed E-state index contributed by atoms with van der Waals surface area (Å²) < 4.78 is 17.6. The number of unbranched alkanes of at least 4 members (excludes halogenated alkanes) is 17. The zero-order valence-corrected chi connectivity index (χ0v) is 33.5. The summed E-state index contributed by atoms with van der Waals surface area (Å²) in [6, 6.07) is 0. The Morgan fingerprint density at radius 1 is 0.413 bits per heavy atom. The summed E-state index contributed by atoms with van der Waals surface area (Å²) in [5.41, 5.74) is 0.976. The van der Waals surface area contributed by atoms with Crippen LogP contribution in [0.5, 0.6) is 0 Å². The summed E-state index contributed by atoms with van der Waals surface area (Å²) >= 11 is 0. The minimum absolute atomic E-state index is 0.261. The van der Waals surface area contributed by atoms with Gasteiger partial charge in [-0.25, -0.2) is 0 Å². The minimum Gasteiger partial charge on any atom is -0.331 e. The molecule has 0 aliphatic rings. The summed E-state index contributed by atoms with van der Waals surface area (Å²) in [7, 11) is 5.22. The molecule has 278 valence electrons. The Morgan fingerprint density at radius 3 is 1.13 bits per heavy atom. The van der Waals surface area contributed by atoms with Crippen molar-refractivity contribution in [3.05, 3.63) is 0 Å². The molecule has 1 atom stereocenters. The molecule has 1 unspecified atom stereocenters. The molecule has 0 heterocycles. The third-order valence-corrected chi connectivity index (χ3v) is 10.1. The molecule has 46 heavy (non-hydrogen) atoms. The van der Waals surface area contributed by atoms with E-state index in [9.17, 15) is 0 Å². The Kier molecular flexibility index (Phi) is 28.6. The van der Waals surface area contributed by atoms with Crippen LogP contribution in [0.1, 0.15) is 209 Å². The first kappa shape index (κ1) is 45.8. The second-order valence-electron chi connectivity index (χ2n) is 17.0. The van der Waals surface area contributed by atoms with Gasteiger partial charge in [0.15, 0.2) is 0 Å². The third kappa shape index (κ3) is 26.8. The van der Waals surface area contributed by atoms with Gasteiger partial charge in [0, 0.05) is 27.2 Å². The molecule has 0 bridgehead atoms. The van der Waals surface area contributed by atoms with Gasteiger partial charge in [-0.2, -0.15) is 0 Å². The molecule has 0 N–H and O–H groups in total. The van der Waals surface area contributed by atoms with E-state index in [1.54, 1.807) is 21.3 Å². The normalized spacial score (nSPS) is 13.6. The van der Waals surface area contributed by atoms with Crippen molar-refractivity contribution in [2.24, 2.45) is 16.7 Å². The fourth-order valence-electron chi connectivity index (χ4n) is 7.06. The molecule has 0 spiro atoms. The summed E-state index contributed by atoms with van der Waals surface area (Å²) in [6.07, 6.45) is 33.5. The lowest BCUT2D eigenvalue weighted by Gasteiger charge is -2.37. The van der Waals surface area contributed by atoms with Gasteiger partial charge in [-0.1, -0.05) is 164 Å². The first-order valence-electron chi connectivity index (χ1n) is 20.3. The topological polar surface area (TPSA) is 30.9 Å². The van der Waals surface area contributed by atoms with Crippen molar-refractivity contribution in [3.63, 3.8) is 0 Å². The Bertz CT molecular complexity index is 594. The van der Waals surface area contributed by atoms with Crippen molar-refractivity contribution < 1.29 is 14.2 Å². The summed E-state index contributed by atoms with van der Waals surface area (Å²) in [5, 5.41) is 0. The number of rotatable bonds is 33. The molecule has 0 fully saturated rings. The maximum atomic E-state index is 5.88. The van der Waals surface area contributed by atoms with Crippen LogP contribution in [0.15, 0.2) is 0 Å². The molecule has 0 amide bonds. The highest BCUT2D eigenvalue weighted by molar-refractivity contribution is 4.73. The number of hydrogen-bond acceptors (Lipinski definition) is 4. The van der Waals surface area contributed by atoms with Gasteiger partial charge in [-0.05, 0) is 75.4 Å². The van der Waals surface area contributed by atoms with Crippen LogP contribution in [0.4, 0.5) is 0 Å². The van der Waals surface area contributed by atoms with Crippen LogP contribution < -0.4 is 0 Å². The fourth-order valence-corrected chi connectivity index (χ4v) is 7.06. The molecular formula is C42H87NO3. The van der Waals surface area contributed by atoms with E-state index in [1.807, 2.05) is 0 Å². The predicted molar refractivity (Wildman–Crippen MR) is 204 cm³/mol. The van der Waals surface area contributed by atoms with E-state index in [1.165, 1.54) is 167 Å². The van der Waals surface area contributed by atoms with E-state index in [2.05, 4.69) is 53.4 Å². The van der Waals surface area contributed by atoms with Gasteiger partial charge in [-0.15, -0.1) is 0 Å². The Balaban J connectivity index is 4.76. The van der Waals surface area contributed by atoms with Crippen LogP contribution in [-0.2, 0) is 14.2 Å². The smallest absolute Gasteiger partial charge is 0.285 e. The predicted octanol–water partition coefficient (Wildman–Crippen LogP) is 13.4. The molecule has 0 aromatic rings. The molecule has 0 aromatic heterocycles. The number of hydrogen-bond donors (Lipinski definition) is 0. The molecule has 0 rings (SSSR count). The van der Waals surface area contributed by atoms with Gasteiger partial charge in [-0.3, -0.25) is 0 Å². The van der Waals surface area contributed by atoms with E-state index < -0.39 is 5.97 Å². The van der Waals surface area contributed by atoms with Gasteiger partial charge in [0.1, 0.15) is 0 Å². The molecule has 0 aliphatic heterocycles. The lowest BCUT2D eigenvalue weighted by atomic mass is 9.89. The Hall–Kier alpha value is -0.160. The standard InChI is InChI=1S/C42H87NO3/c1-11-12-13-14-21-26-32-39(42(44-8,45-9)46-10)33-31-38-43(36-29-24-19-15-17-22-27-34-40(2,3)4)37-30-25-20-16-18-23-28-35-41(5,6)7/h39H,11-38H2,1-10H3. The van der Waals surface area contributed by atoms with Gasteiger partial charge >= 0.3 is 0 Å². The van der Waals surface area contributed by atoms with E-state index in [0.717, 1.165) is 12.8 Å². The quantitative estimate of drug-likeness (QED) is 0.0521. The van der Waals surface area contributed by atoms with E-state index >= 15 is 0 Å². The lowest BCUT2D eigenvalue weighted by Crippen LogP contribution is -2.44. The second-order valence-corrected chi connectivity index (χ2v) is 17.0.